The number of rotatable bonds is 2. The normalized spacial score (nSPS) is 10.9. The van der Waals surface area contributed by atoms with E-state index in [2.05, 4.69) is 10.1 Å². The van der Waals surface area contributed by atoms with Gasteiger partial charge in [-0.3, -0.25) is 9.78 Å². The highest BCUT2D eigenvalue weighted by Gasteiger charge is 2.13. The molecule has 0 fully saturated rings. The molecule has 0 spiro atoms. The lowest BCUT2D eigenvalue weighted by atomic mass is 10.1. The van der Waals surface area contributed by atoms with Crippen molar-refractivity contribution in [2.75, 3.05) is 0 Å². The summed E-state index contributed by atoms with van der Waals surface area (Å²) in [5, 5.41) is 5.82. The van der Waals surface area contributed by atoms with Gasteiger partial charge in [0.2, 0.25) is 0 Å². The van der Waals surface area contributed by atoms with Gasteiger partial charge in [-0.25, -0.2) is 4.39 Å². The minimum absolute atomic E-state index is 0.246. The molecule has 0 atom stereocenters. The number of hydrogen-bond acceptors (Lipinski definition) is 3. The molecule has 0 saturated carbocycles. The summed E-state index contributed by atoms with van der Waals surface area (Å²) in [5.41, 5.74) is 1.73. The van der Waals surface area contributed by atoms with Crippen LogP contribution in [0, 0.1) is 5.82 Å². The lowest BCUT2D eigenvalue weighted by Crippen LogP contribution is -2.22. The van der Waals surface area contributed by atoms with Gasteiger partial charge in [-0.2, -0.15) is 9.78 Å². The standard InChI is InChI=1S/C19H12FN3O/c20-14-7-9-15(10-8-14)23-19(24)17-6-2-1-5-16(17)18(22-23)13-4-3-11-21-12-13/h1-12H. The second kappa shape index (κ2) is 5.70. The third-order valence-electron chi connectivity index (χ3n) is 3.81. The van der Waals surface area contributed by atoms with E-state index < -0.39 is 0 Å². The second-order valence-electron chi connectivity index (χ2n) is 5.33. The van der Waals surface area contributed by atoms with Crippen molar-refractivity contribution in [1.29, 1.82) is 0 Å². The SMILES string of the molecule is O=c1c2ccccc2c(-c2cccnc2)nn1-c1ccc(F)cc1. The number of aromatic nitrogens is 3. The average Bonchev–Trinajstić information content (AvgIpc) is 2.64. The second-order valence-corrected chi connectivity index (χ2v) is 5.33. The van der Waals surface area contributed by atoms with E-state index >= 15 is 0 Å². The molecule has 2 aromatic heterocycles. The Bertz CT molecular complexity index is 1070. The molecular formula is C19H12FN3O. The van der Waals surface area contributed by atoms with Gasteiger partial charge in [-0.1, -0.05) is 18.2 Å². The maximum Gasteiger partial charge on any atom is 0.279 e. The predicted octanol–water partition coefficient (Wildman–Crippen LogP) is 3.59. The van der Waals surface area contributed by atoms with Gasteiger partial charge in [-0.05, 0) is 42.5 Å². The first-order valence-electron chi connectivity index (χ1n) is 7.42. The summed E-state index contributed by atoms with van der Waals surface area (Å²) in [7, 11) is 0. The zero-order chi connectivity index (χ0) is 16.5. The van der Waals surface area contributed by atoms with E-state index in [0.717, 1.165) is 10.9 Å². The lowest BCUT2D eigenvalue weighted by Gasteiger charge is -2.11. The fourth-order valence-electron chi connectivity index (χ4n) is 2.66. The monoisotopic (exact) mass is 317 g/mol. The van der Waals surface area contributed by atoms with Crippen LogP contribution in [0.4, 0.5) is 4.39 Å². The number of hydrogen-bond donors (Lipinski definition) is 0. The molecule has 2 aromatic carbocycles. The van der Waals surface area contributed by atoms with Crippen LogP contribution in [0.15, 0.2) is 77.9 Å². The van der Waals surface area contributed by atoms with E-state index in [9.17, 15) is 9.18 Å². The van der Waals surface area contributed by atoms with Gasteiger partial charge in [0.25, 0.3) is 5.56 Å². The molecule has 4 aromatic rings. The van der Waals surface area contributed by atoms with E-state index in [-0.39, 0.29) is 11.4 Å². The third kappa shape index (κ3) is 2.36. The van der Waals surface area contributed by atoms with E-state index in [0.29, 0.717) is 16.8 Å². The topological polar surface area (TPSA) is 47.8 Å². The van der Waals surface area contributed by atoms with Crippen molar-refractivity contribution in [3.63, 3.8) is 0 Å². The van der Waals surface area contributed by atoms with Crippen LogP contribution in [-0.4, -0.2) is 14.8 Å². The first-order valence-corrected chi connectivity index (χ1v) is 7.42. The Hall–Kier alpha value is -3.34. The third-order valence-corrected chi connectivity index (χ3v) is 3.81. The highest BCUT2D eigenvalue weighted by Crippen LogP contribution is 2.24. The fourth-order valence-corrected chi connectivity index (χ4v) is 2.66. The molecule has 4 rings (SSSR count). The summed E-state index contributed by atoms with van der Waals surface area (Å²) in [4.78, 5) is 16.9. The van der Waals surface area contributed by atoms with Gasteiger partial charge in [0.15, 0.2) is 0 Å². The largest absolute Gasteiger partial charge is 0.279 e. The quantitative estimate of drug-likeness (QED) is 0.568. The van der Waals surface area contributed by atoms with Crippen molar-refractivity contribution in [3.8, 4) is 16.9 Å². The van der Waals surface area contributed by atoms with Gasteiger partial charge >= 0.3 is 0 Å². The molecule has 0 N–H and O–H groups in total. The molecule has 2 heterocycles. The van der Waals surface area contributed by atoms with Crippen LogP contribution in [0.1, 0.15) is 0 Å². The summed E-state index contributed by atoms with van der Waals surface area (Å²) in [5.74, 6) is -0.361. The van der Waals surface area contributed by atoms with E-state index in [1.165, 1.54) is 28.9 Å². The van der Waals surface area contributed by atoms with Crippen molar-refractivity contribution >= 4 is 10.8 Å². The van der Waals surface area contributed by atoms with Gasteiger partial charge in [-0.15, -0.1) is 0 Å². The van der Waals surface area contributed by atoms with Gasteiger partial charge < -0.3 is 0 Å². The summed E-state index contributed by atoms with van der Waals surface area (Å²) >= 11 is 0. The van der Waals surface area contributed by atoms with Crippen molar-refractivity contribution in [2.24, 2.45) is 0 Å². The predicted molar refractivity (Wildman–Crippen MR) is 90.5 cm³/mol. The molecule has 0 aliphatic heterocycles. The van der Waals surface area contributed by atoms with Gasteiger partial charge in [0.05, 0.1) is 11.1 Å². The molecule has 0 aliphatic carbocycles. The number of pyridine rings is 1. The fraction of sp³-hybridized carbons (Fsp3) is 0. The number of fused-ring (bicyclic) bond motifs is 1. The van der Waals surface area contributed by atoms with Crippen LogP contribution in [0.2, 0.25) is 0 Å². The molecule has 0 saturated heterocycles. The van der Waals surface area contributed by atoms with E-state index in [4.69, 9.17) is 0 Å². The van der Waals surface area contributed by atoms with Crippen molar-refractivity contribution in [1.82, 2.24) is 14.8 Å². The Kier molecular flexibility index (Phi) is 3.39. The Labute approximate surface area is 136 Å². The number of nitrogens with zero attached hydrogens (tertiary/aromatic N) is 3. The minimum Gasteiger partial charge on any atom is -0.267 e. The molecule has 4 nitrogen and oxygen atoms in total. The van der Waals surface area contributed by atoms with E-state index in [1.807, 2.05) is 30.3 Å². The van der Waals surface area contributed by atoms with Crippen LogP contribution in [0.25, 0.3) is 27.7 Å². The van der Waals surface area contributed by atoms with E-state index in [1.54, 1.807) is 18.5 Å². The minimum atomic E-state index is -0.361. The number of halogens is 1. The zero-order valence-corrected chi connectivity index (χ0v) is 12.6. The Morgan fingerprint density at radius 3 is 2.33 bits per heavy atom. The van der Waals surface area contributed by atoms with Crippen LogP contribution >= 0.6 is 0 Å². The molecule has 0 unspecified atom stereocenters. The van der Waals surface area contributed by atoms with Crippen molar-refractivity contribution in [3.05, 3.63) is 89.2 Å². The summed E-state index contributed by atoms with van der Waals surface area (Å²) in [6, 6.07) is 16.7. The molecular weight excluding hydrogens is 305 g/mol. The summed E-state index contributed by atoms with van der Waals surface area (Å²) in [6.45, 7) is 0. The summed E-state index contributed by atoms with van der Waals surface area (Å²) < 4.78 is 14.5. The molecule has 0 amide bonds. The molecule has 5 heteroatoms. The highest BCUT2D eigenvalue weighted by molar-refractivity contribution is 5.93. The Morgan fingerprint density at radius 2 is 1.62 bits per heavy atom. The van der Waals surface area contributed by atoms with Crippen LogP contribution in [-0.2, 0) is 0 Å². The lowest BCUT2D eigenvalue weighted by molar-refractivity contribution is 0.626. The molecule has 24 heavy (non-hydrogen) atoms. The Morgan fingerprint density at radius 1 is 0.875 bits per heavy atom. The zero-order valence-electron chi connectivity index (χ0n) is 12.6. The molecule has 0 aliphatic rings. The maximum atomic E-state index is 13.2. The first-order chi connectivity index (χ1) is 11.7. The van der Waals surface area contributed by atoms with Crippen molar-refractivity contribution < 1.29 is 4.39 Å². The van der Waals surface area contributed by atoms with Crippen LogP contribution in [0.5, 0.6) is 0 Å². The van der Waals surface area contributed by atoms with Gasteiger partial charge in [0, 0.05) is 23.3 Å². The highest BCUT2D eigenvalue weighted by atomic mass is 19.1. The summed E-state index contributed by atoms with van der Waals surface area (Å²) in [6.07, 6.45) is 3.38. The van der Waals surface area contributed by atoms with Gasteiger partial charge in [0.1, 0.15) is 11.5 Å². The van der Waals surface area contributed by atoms with Crippen LogP contribution < -0.4 is 5.56 Å². The molecule has 0 bridgehead atoms. The Balaban J connectivity index is 2.07. The average molecular weight is 317 g/mol. The smallest absolute Gasteiger partial charge is 0.267 e. The number of benzene rings is 2. The van der Waals surface area contributed by atoms with Crippen LogP contribution in [0.3, 0.4) is 0 Å². The molecule has 116 valence electrons. The molecule has 0 radical (unpaired) electrons. The maximum absolute atomic E-state index is 13.2. The first kappa shape index (κ1) is 14.3. The van der Waals surface area contributed by atoms with Crippen molar-refractivity contribution in [2.45, 2.75) is 0 Å².